The van der Waals surface area contributed by atoms with E-state index in [4.69, 9.17) is 4.52 Å². The molecule has 1 aliphatic rings. The summed E-state index contributed by atoms with van der Waals surface area (Å²) in [5.74, 6) is 0.0939. The first kappa shape index (κ1) is 20.5. The highest BCUT2D eigenvalue weighted by molar-refractivity contribution is 7.89. The molecule has 1 aromatic heterocycles. The predicted molar refractivity (Wildman–Crippen MR) is 107 cm³/mol. The van der Waals surface area contributed by atoms with E-state index in [9.17, 15) is 13.2 Å². The smallest absolute Gasteiger partial charge is 0.261 e. The van der Waals surface area contributed by atoms with Crippen LogP contribution in [0.15, 0.2) is 27.6 Å². The molecule has 2 aromatic rings. The van der Waals surface area contributed by atoms with Crippen LogP contribution in [0.5, 0.6) is 0 Å². The summed E-state index contributed by atoms with van der Waals surface area (Å²) in [6.45, 7) is 6.43. The van der Waals surface area contributed by atoms with Crippen molar-refractivity contribution in [3.63, 3.8) is 0 Å². The summed E-state index contributed by atoms with van der Waals surface area (Å²) in [5.41, 5.74) is 2.09. The lowest BCUT2D eigenvalue weighted by Crippen LogP contribution is -2.32. The van der Waals surface area contributed by atoms with Crippen molar-refractivity contribution in [3.8, 4) is 0 Å². The first-order valence-corrected chi connectivity index (χ1v) is 11.2. The van der Waals surface area contributed by atoms with Gasteiger partial charge in [0, 0.05) is 18.8 Å². The van der Waals surface area contributed by atoms with Crippen molar-refractivity contribution < 1.29 is 17.7 Å². The van der Waals surface area contributed by atoms with Crippen LogP contribution in [0.2, 0.25) is 0 Å². The fourth-order valence-electron chi connectivity index (χ4n) is 3.52. The largest absolute Gasteiger partial charge is 0.361 e. The molecule has 1 aromatic carbocycles. The van der Waals surface area contributed by atoms with Gasteiger partial charge in [-0.25, -0.2) is 8.42 Å². The number of hydrogen-bond acceptors (Lipinski definition) is 5. The lowest BCUT2D eigenvalue weighted by atomic mass is 10.1. The third-order valence-electron chi connectivity index (χ3n) is 5.12. The van der Waals surface area contributed by atoms with Crippen LogP contribution in [-0.2, 0) is 16.4 Å². The van der Waals surface area contributed by atoms with Gasteiger partial charge in [0.1, 0.15) is 11.3 Å². The summed E-state index contributed by atoms with van der Waals surface area (Å²) in [4.78, 5) is 12.9. The number of nitrogens with zero attached hydrogens (tertiary/aromatic N) is 2. The highest BCUT2D eigenvalue weighted by Gasteiger charge is 2.27. The SMILES string of the molecule is CCc1noc(C)c1C(=O)Nc1ccc(C)c(S(=O)(=O)N2CCCCCC2)c1. The summed E-state index contributed by atoms with van der Waals surface area (Å²) in [6, 6.07) is 4.98. The maximum absolute atomic E-state index is 13.2. The molecule has 28 heavy (non-hydrogen) atoms. The van der Waals surface area contributed by atoms with E-state index in [1.54, 1.807) is 36.4 Å². The second-order valence-corrected chi connectivity index (χ2v) is 9.07. The number of nitrogens with one attached hydrogen (secondary N) is 1. The molecular formula is C20H27N3O4S. The highest BCUT2D eigenvalue weighted by Crippen LogP contribution is 2.26. The monoisotopic (exact) mass is 405 g/mol. The molecule has 7 nitrogen and oxygen atoms in total. The average molecular weight is 406 g/mol. The number of aryl methyl sites for hydroxylation is 3. The zero-order valence-electron chi connectivity index (χ0n) is 16.6. The number of sulfonamides is 1. The average Bonchev–Trinajstić information content (AvgIpc) is 2.85. The summed E-state index contributed by atoms with van der Waals surface area (Å²) in [7, 11) is -3.60. The standard InChI is InChI=1S/C20H27N3O4S/c1-4-17-19(15(3)27-22-17)20(24)21-16-10-9-14(2)18(13-16)28(25,26)23-11-7-5-6-8-12-23/h9-10,13H,4-8,11-12H2,1-3H3,(H,21,24). The minimum absolute atomic E-state index is 0.241. The third-order valence-corrected chi connectivity index (χ3v) is 7.16. The molecule has 0 unspecified atom stereocenters. The molecule has 1 saturated heterocycles. The van der Waals surface area contributed by atoms with Crippen molar-refractivity contribution in [3.05, 3.63) is 40.8 Å². The fourth-order valence-corrected chi connectivity index (χ4v) is 5.29. The van der Waals surface area contributed by atoms with Crippen LogP contribution in [-0.4, -0.2) is 36.9 Å². The Labute approximate surface area is 166 Å². The molecule has 8 heteroatoms. The second kappa shape index (κ2) is 8.45. The molecule has 3 rings (SSSR count). The molecule has 0 atom stereocenters. The third kappa shape index (κ3) is 4.12. The highest BCUT2D eigenvalue weighted by atomic mass is 32.2. The number of amides is 1. The van der Waals surface area contributed by atoms with Crippen molar-refractivity contribution in [1.29, 1.82) is 0 Å². The molecule has 2 heterocycles. The zero-order chi connectivity index (χ0) is 20.3. The maximum atomic E-state index is 13.2. The minimum atomic E-state index is -3.60. The number of hydrogen-bond donors (Lipinski definition) is 1. The fraction of sp³-hybridized carbons (Fsp3) is 0.500. The maximum Gasteiger partial charge on any atom is 0.261 e. The van der Waals surface area contributed by atoms with Gasteiger partial charge in [0.15, 0.2) is 0 Å². The van der Waals surface area contributed by atoms with Gasteiger partial charge in [-0.2, -0.15) is 4.31 Å². The van der Waals surface area contributed by atoms with Gasteiger partial charge in [0.25, 0.3) is 5.91 Å². The first-order valence-electron chi connectivity index (χ1n) is 9.72. The van der Waals surface area contributed by atoms with Gasteiger partial charge in [-0.3, -0.25) is 4.79 Å². The van der Waals surface area contributed by atoms with Gasteiger partial charge in [0.05, 0.1) is 10.6 Å². The Morgan fingerprint density at radius 3 is 2.50 bits per heavy atom. The van der Waals surface area contributed by atoms with Crippen LogP contribution in [0.25, 0.3) is 0 Å². The Morgan fingerprint density at radius 2 is 1.86 bits per heavy atom. The lowest BCUT2D eigenvalue weighted by Gasteiger charge is -2.21. The van der Waals surface area contributed by atoms with Crippen LogP contribution < -0.4 is 5.32 Å². The molecular weight excluding hydrogens is 378 g/mol. The summed E-state index contributed by atoms with van der Waals surface area (Å²) < 4.78 is 33.0. The van der Waals surface area contributed by atoms with Crippen molar-refractivity contribution in [2.24, 2.45) is 0 Å². The molecule has 0 saturated carbocycles. The predicted octanol–water partition coefficient (Wildman–Crippen LogP) is 3.67. The first-order chi connectivity index (χ1) is 13.3. The Morgan fingerprint density at radius 1 is 1.18 bits per heavy atom. The molecule has 0 aliphatic carbocycles. The van der Waals surface area contributed by atoms with E-state index in [2.05, 4.69) is 10.5 Å². The van der Waals surface area contributed by atoms with Crippen molar-refractivity contribution in [1.82, 2.24) is 9.46 Å². The van der Waals surface area contributed by atoms with Crippen LogP contribution in [0.3, 0.4) is 0 Å². The molecule has 1 amide bonds. The van der Waals surface area contributed by atoms with Crippen molar-refractivity contribution in [2.75, 3.05) is 18.4 Å². The van der Waals surface area contributed by atoms with Crippen LogP contribution in [0, 0.1) is 13.8 Å². The summed E-state index contributed by atoms with van der Waals surface area (Å²) in [6.07, 6.45) is 4.43. The second-order valence-electron chi connectivity index (χ2n) is 7.17. The molecule has 152 valence electrons. The minimum Gasteiger partial charge on any atom is -0.361 e. The number of rotatable bonds is 5. The van der Waals surface area contributed by atoms with E-state index < -0.39 is 10.0 Å². The van der Waals surface area contributed by atoms with Crippen LogP contribution in [0.4, 0.5) is 5.69 Å². The van der Waals surface area contributed by atoms with Crippen molar-refractivity contribution >= 4 is 21.6 Å². The van der Waals surface area contributed by atoms with Gasteiger partial charge in [-0.15, -0.1) is 0 Å². The van der Waals surface area contributed by atoms with Gasteiger partial charge < -0.3 is 9.84 Å². The van der Waals surface area contributed by atoms with Gasteiger partial charge in [-0.05, 0) is 50.8 Å². The molecule has 0 bridgehead atoms. The number of carbonyl (C=O) groups excluding carboxylic acids is 1. The van der Waals surface area contributed by atoms with Crippen LogP contribution >= 0.6 is 0 Å². The Kier molecular flexibility index (Phi) is 6.20. The quantitative estimate of drug-likeness (QED) is 0.819. The van der Waals surface area contributed by atoms with E-state index in [0.717, 1.165) is 25.7 Å². The Hall–Kier alpha value is -2.19. The number of anilines is 1. The molecule has 1 fully saturated rings. The lowest BCUT2D eigenvalue weighted by molar-refractivity contribution is 0.102. The zero-order valence-corrected chi connectivity index (χ0v) is 17.4. The van der Waals surface area contributed by atoms with E-state index in [1.165, 1.54) is 0 Å². The number of aromatic nitrogens is 1. The van der Waals surface area contributed by atoms with Crippen molar-refractivity contribution in [2.45, 2.75) is 57.8 Å². The molecule has 0 spiro atoms. The normalized spacial score (nSPS) is 16.0. The van der Waals surface area contributed by atoms with E-state index in [-0.39, 0.29) is 10.8 Å². The van der Waals surface area contributed by atoms with Gasteiger partial charge >= 0.3 is 0 Å². The van der Waals surface area contributed by atoms with E-state index in [0.29, 0.717) is 47.8 Å². The Bertz CT molecular complexity index is 958. The topological polar surface area (TPSA) is 92.5 Å². The molecule has 1 aliphatic heterocycles. The van der Waals surface area contributed by atoms with Crippen LogP contribution in [0.1, 0.15) is 60.0 Å². The van der Waals surface area contributed by atoms with E-state index >= 15 is 0 Å². The Balaban J connectivity index is 1.89. The summed E-state index contributed by atoms with van der Waals surface area (Å²) in [5, 5.41) is 6.69. The molecule has 1 N–H and O–H groups in total. The number of carbonyl (C=O) groups is 1. The number of benzene rings is 1. The van der Waals surface area contributed by atoms with Gasteiger partial charge in [0.2, 0.25) is 10.0 Å². The molecule has 0 radical (unpaired) electrons. The summed E-state index contributed by atoms with van der Waals surface area (Å²) >= 11 is 0. The van der Waals surface area contributed by atoms with Gasteiger partial charge in [-0.1, -0.05) is 31.0 Å². The van der Waals surface area contributed by atoms with E-state index in [1.807, 2.05) is 6.92 Å².